The molecule has 0 radical (unpaired) electrons. The predicted octanol–water partition coefficient (Wildman–Crippen LogP) is 4.36. The van der Waals surface area contributed by atoms with Crippen LogP contribution in [-0.2, 0) is 27.2 Å². The van der Waals surface area contributed by atoms with Crippen LogP contribution in [0, 0.1) is 11.8 Å². The quantitative estimate of drug-likeness (QED) is 0.363. The Morgan fingerprint density at radius 1 is 0.829 bits per heavy atom. The second-order valence-corrected chi connectivity index (χ2v) is 9.40. The van der Waals surface area contributed by atoms with Gasteiger partial charge in [0.15, 0.2) is 0 Å². The van der Waals surface area contributed by atoms with E-state index in [-0.39, 0.29) is 18.2 Å². The maximum absolute atomic E-state index is 13.2. The average molecular weight is 475 g/mol. The van der Waals surface area contributed by atoms with Gasteiger partial charge in [-0.15, -0.1) is 0 Å². The lowest BCUT2D eigenvalue weighted by Crippen LogP contribution is -2.50. The summed E-state index contributed by atoms with van der Waals surface area (Å²) in [5.41, 5.74) is 2.03. The fourth-order valence-electron chi connectivity index (χ4n) is 4.26. The molecule has 0 aromatic heterocycles. The molecule has 0 aliphatic carbocycles. The van der Waals surface area contributed by atoms with Gasteiger partial charge < -0.3 is 15.7 Å². The minimum Gasteiger partial charge on any atom is -0.481 e. The van der Waals surface area contributed by atoms with E-state index in [0.717, 1.165) is 21.9 Å². The first kappa shape index (κ1) is 25.9. The van der Waals surface area contributed by atoms with Crippen LogP contribution in [0.3, 0.4) is 0 Å². The van der Waals surface area contributed by atoms with Gasteiger partial charge in [-0.2, -0.15) is 0 Å². The van der Waals surface area contributed by atoms with Gasteiger partial charge in [-0.1, -0.05) is 86.6 Å². The van der Waals surface area contributed by atoms with Crippen molar-refractivity contribution in [1.82, 2.24) is 10.6 Å². The van der Waals surface area contributed by atoms with Crippen molar-refractivity contribution >= 4 is 28.6 Å². The van der Waals surface area contributed by atoms with Crippen LogP contribution in [0.15, 0.2) is 72.8 Å². The summed E-state index contributed by atoms with van der Waals surface area (Å²) in [7, 11) is 0. The lowest BCUT2D eigenvalue weighted by Gasteiger charge is -2.23. The number of carboxylic acid groups (broad SMARTS) is 1. The van der Waals surface area contributed by atoms with Gasteiger partial charge in [0.2, 0.25) is 11.8 Å². The molecule has 3 aromatic rings. The Kier molecular flexibility index (Phi) is 9.41. The monoisotopic (exact) mass is 474 g/mol. The molecule has 3 N–H and O–H groups in total. The van der Waals surface area contributed by atoms with Crippen LogP contribution >= 0.6 is 0 Å². The number of nitrogens with one attached hydrogen (secondary N) is 2. The van der Waals surface area contributed by atoms with E-state index in [1.165, 1.54) is 0 Å². The first-order valence-corrected chi connectivity index (χ1v) is 12.1. The third-order valence-electron chi connectivity index (χ3n) is 5.99. The lowest BCUT2D eigenvalue weighted by atomic mass is 9.92. The number of hydrogen-bond donors (Lipinski definition) is 3. The molecule has 0 bridgehead atoms. The Morgan fingerprint density at radius 2 is 1.51 bits per heavy atom. The van der Waals surface area contributed by atoms with Crippen molar-refractivity contribution in [3.8, 4) is 0 Å². The molecule has 0 aliphatic rings. The van der Waals surface area contributed by atoms with E-state index in [1.807, 2.05) is 86.6 Å². The molecule has 2 atom stereocenters. The van der Waals surface area contributed by atoms with E-state index in [0.29, 0.717) is 25.8 Å². The van der Waals surface area contributed by atoms with Crippen molar-refractivity contribution < 1.29 is 19.5 Å². The van der Waals surface area contributed by atoms with Gasteiger partial charge in [-0.05, 0) is 40.7 Å². The highest BCUT2D eigenvalue weighted by Crippen LogP contribution is 2.19. The number of carbonyl (C=O) groups is 3. The summed E-state index contributed by atoms with van der Waals surface area (Å²) in [5, 5.41) is 17.3. The molecule has 0 saturated heterocycles. The van der Waals surface area contributed by atoms with Gasteiger partial charge in [0.1, 0.15) is 6.04 Å². The number of fused-ring (bicyclic) bond motifs is 1. The smallest absolute Gasteiger partial charge is 0.304 e. The summed E-state index contributed by atoms with van der Waals surface area (Å²) >= 11 is 0. The number of aliphatic carboxylic acids is 1. The van der Waals surface area contributed by atoms with Crippen LogP contribution in [0.4, 0.5) is 0 Å². The summed E-state index contributed by atoms with van der Waals surface area (Å²) in [6.45, 7) is 4.34. The van der Waals surface area contributed by atoms with Crippen LogP contribution in [0.5, 0.6) is 0 Å². The molecule has 3 rings (SSSR count). The first-order valence-electron chi connectivity index (χ1n) is 12.1. The zero-order valence-electron chi connectivity index (χ0n) is 20.4. The van der Waals surface area contributed by atoms with E-state index in [4.69, 9.17) is 0 Å². The fraction of sp³-hybridized carbons (Fsp3) is 0.345. The summed E-state index contributed by atoms with van der Waals surface area (Å²) in [5.74, 6) is -2.23. The van der Waals surface area contributed by atoms with Gasteiger partial charge in [-0.3, -0.25) is 14.4 Å². The van der Waals surface area contributed by atoms with Gasteiger partial charge in [0.05, 0.1) is 6.42 Å². The standard InChI is InChI=1S/C29H34N2O4/c1-20(2)16-25(19-27(32)33)28(34)31-26(29(35)30-15-14-21-8-4-3-5-9-21)18-22-12-13-23-10-6-7-11-24(23)17-22/h3-13,17,20,25-26H,14-16,18-19H2,1-2H3,(H,30,35)(H,31,34)(H,32,33)/t25-,26+/m1/s1. The Hall–Kier alpha value is -3.67. The first-order chi connectivity index (χ1) is 16.8. The van der Waals surface area contributed by atoms with Crippen LogP contribution in [0.1, 0.15) is 37.8 Å². The Bertz CT molecular complexity index is 1140. The third kappa shape index (κ3) is 8.25. The number of amides is 2. The van der Waals surface area contributed by atoms with Crippen LogP contribution in [0.2, 0.25) is 0 Å². The second-order valence-electron chi connectivity index (χ2n) is 9.40. The molecule has 0 spiro atoms. The molecule has 2 amide bonds. The SMILES string of the molecule is CC(C)C[C@H](CC(=O)O)C(=O)N[C@@H](Cc1ccc2ccccc2c1)C(=O)NCCc1ccccc1. The highest BCUT2D eigenvalue weighted by molar-refractivity contribution is 5.90. The summed E-state index contributed by atoms with van der Waals surface area (Å²) in [6, 6.07) is 23.0. The van der Waals surface area contributed by atoms with Gasteiger partial charge in [0.25, 0.3) is 0 Å². The Labute approximate surface area is 206 Å². The molecule has 0 aliphatic heterocycles. The molecule has 3 aromatic carbocycles. The van der Waals surface area contributed by atoms with Gasteiger partial charge >= 0.3 is 5.97 Å². The predicted molar refractivity (Wildman–Crippen MR) is 138 cm³/mol. The molecule has 0 unspecified atom stereocenters. The minimum absolute atomic E-state index is 0.156. The fourth-order valence-corrected chi connectivity index (χ4v) is 4.26. The van der Waals surface area contributed by atoms with Gasteiger partial charge in [0, 0.05) is 18.9 Å². The third-order valence-corrected chi connectivity index (χ3v) is 5.99. The molecule has 0 heterocycles. The molecule has 35 heavy (non-hydrogen) atoms. The number of carbonyl (C=O) groups excluding carboxylic acids is 2. The average Bonchev–Trinajstić information content (AvgIpc) is 2.83. The zero-order chi connectivity index (χ0) is 25.2. The van der Waals surface area contributed by atoms with Crippen molar-refractivity contribution in [3.05, 3.63) is 83.9 Å². The van der Waals surface area contributed by atoms with Crippen LogP contribution in [-0.4, -0.2) is 35.5 Å². The second kappa shape index (κ2) is 12.7. The lowest BCUT2D eigenvalue weighted by molar-refractivity contribution is -0.141. The Balaban J connectivity index is 1.75. The molecular formula is C29H34N2O4. The summed E-state index contributed by atoms with van der Waals surface area (Å²) in [4.78, 5) is 37.6. The molecule has 6 nitrogen and oxygen atoms in total. The number of rotatable bonds is 12. The van der Waals surface area contributed by atoms with Crippen molar-refractivity contribution in [1.29, 1.82) is 0 Å². The van der Waals surface area contributed by atoms with E-state index in [1.54, 1.807) is 0 Å². The molecular weight excluding hydrogens is 440 g/mol. The number of hydrogen-bond acceptors (Lipinski definition) is 3. The van der Waals surface area contributed by atoms with Crippen molar-refractivity contribution in [2.45, 2.75) is 45.6 Å². The normalized spacial score (nSPS) is 12.8. The van der Waals surface area contributed by atoms with Crippen LogP contribution < -0.4 is 10.6 Å². The van der Waals surface area contributed by atoms with E-state index in [2.05, 4.69) is 10.6 Å². The molecule has 6 heteroatoms. The van der Waals surface area contributed by atoms with Crippen LogP contribution in [0.25, 0.3) is 10.8 Å². The maximum atomic E-state index is 13.2. The highest BCUT2D eigenvalue weighted by atomic mass is 16.4. The van der Waals surface area contributed by atoms with Crippen molar-refractivity contribution in [2.24, 2.45) is 11.8 Å². The maximum Gasteiger partial charge on any atom is 0.304 e. The Morgan fingerprint density at radius 3 is 2.20 bits per heavy atom. The largest absolute Gasteiger partial charge is 0.481 e. The summed E-state index contributed by atoms with van der Waals surface area (Å²) in [6.07, 6.45) is 1.17. The van der Waals surface area contributed by atoms with Gasteiger partial charge in [-0.25, -0.2) is 0 Å². The molecule has 0 fully saturated rings. The van der Waals surface area contributed by atoms with E-state index < -0.39 is 23.8 Å². The minimum atomic E-state index is -1.02. The van der Waals surface area contributed by atoms with Crippen molar-refractivity contribution in [3.63, 3.8) is 0 Å². The summed E-state index contributed by atoms with van der Waals surface area (Å²) < 4.78 is 0. The van der Waals surface area contributed by atoms with Crippen molar-refractivity contribution in [2.75, 3.05) is 6.54 Å². The molecule has 0 saturated carbocycles. The van der Waals surface area contributed by atoms with E-state index >= 15 is 0 Å². The zero-order valence-corrected chi connectivity index (χ0v) is 20.4. The number of carboxylic acids is 1. The molecule has 184 valence electrons. The van der Waals surface area contributed by atoms with E-state index in [9.17, 15) is 19.5 Å². The highest BCUT2D eigenvalue weighted by Gasteiger charge is 2.28. The number of benzene rings is 3. The topological polar surface area (TPSA) is 95.5 Å².